The molecule has 5 heteroatoms. The first-order valence-electron chi connectivity index (χ1n) is 4.79. The van der Waals surface area contributed by atoms with Gasteiger partial charge in [0.1, 0.15) is 0 Å². The summed E-state index contributed by atoms with van der Waals surface area (Å²) in [6, 6.07) is 0.0811. The van der Waals surface area contributed by atoms with Crippen LogP contribution >= 0.6 is 0 Å². The number of nitrogens with one attached hydrogen (secondary N) is 1. The molecule has 0 aromatic rings. The number of hydrogen-bond donors (Lipinski definition) is 2. The Balaban J connectivity index is 1.77. The Kier molecular flexibility index (Phi) is 2.41. The first-order chi connectivity index (χ1) is 6.68. The molecule has 1 unspecified atom stereocenters. The maximum atomic E-state index is 11.4. The van der Waals surface area contributed by atoms with E-state index in [9.17, 15) is 9.59 Å². The summed E-state index contributed by atoms with van der Waals surface area (Å²) in [4.78, 5) is 22.0. The molecule has 2 aliphatic rings. The molecule has 0 aromatic heterocycles. The highest BCUT2D eigenvalue weighted by molar-refractivity contribution is 5.89. The van der Waals surface area contributed by atoms with E-state index in [-0.39, 0.29) is 17.9 Å². The predicted molar refractivity (Wildman–Crippen MR) is 46.6 cm³/mol. The van der Waals surface area contributed by atoms with Gasteiger partial charge >= 0.3 is 5.97 Å². The number of ether oxygens (including phenoxy) is 1. The number of rotatable bonds is 3. The number of aliphatic carboxylic acids is 1. The summed E-state index contributed by atoms with van der Waals surface area (Å²) in [7, 11) is 0. The SMILES string of the molecule is O=C(NC1CCOC1)[C@H]1C[C@H]1C(=O)O. The molecule has 2 fully saturated rings. The molecule has 1 saturated heterocycles. The minimum atomic E-state index is -0.868. The van der Waals surface area contributed by atoms with E-state index in [1.54, 1.807) is 0 Å². The molecule has 0 spiro atoms. The molecule has 1 aliphatic carbocycles. The van der Waals surface area contributed by atoms with Crippen LogP contribution in [0.4, 0.5) is 0 Å². The minimum absolute atomic E-state index is 0.0811. The fourth-order valence-corrected chi connectivity index (χ4v) is 1.71. The minimum Gasteiger partial charge on any atom is -0.481 e. The van der Waals surface area contributed by atoms with Gasteiger partial charge in [-0.2, -0.15) is 0 Å². The van der Waals surface area contributed by atoms with Gasteiger partial charge in [0.25, 0.3) is 0 Å². The van der Waals surface area contributed by atoms with Crippen LogP contribution in [-0.4, -0.2) is 36.2 Å². The van der Waals surface area contributed by atoms with Crippen molar-refractivity contribution in [1.82, 2.24) is 5.32 Å². The highest BCUT2D eigenvalue weighted by atomic mass is 16.5. The van der Waals surface area contributed by atoms with Crippen LogP contribution in [0.2, 0.25) is 0 Å². The third-order valence-electron chi connectivity index (χ3n) is 2.72. The van der Waals surface area contributed by atoms with Gasteiger partial charge in [0, 0.05) is 6.61 Å². The average molecular weight is 199 g/mol. The summed E-state index contributed by atoms with van der Waals surface area (Å²) >= 11 is 0. The number of carboxylic acid groups (broad SMARTS) is 1. The molecule has 14 heavy (non-hydrogen) atoms. The number of carboxylic acids is 1. The largest absolute Gasteiger partial charge is 0.481 e. The predicted octanol–water partition coefficient (Wildman–Crippen LogP) is -0.388. The molecule has 0 radical (unpaired) electrons. The monoisotopic (exact) mass is 199 g/mol. The van der Waals surface area contributed by atoms with Crippen LogP contribution in [0.1, 0.15) is 12.8 Å². The second-order valence-corrected chi connectivity index (χ2v) is 3.86. The Hall–Kier alpha value is -1.10. The second-order valence-electron chi connectivity index (χ2n) is 3.86. The molecule has 2 N–H and O–H groups in total. The summed E-state index contributed by atoms with van der Waals surface area (Å²) in [5.41, 5.74) is 0. The van der Waals surface area contributed by atoms with Gasteiger partial charge in [-0.3, -0.25) is 9.59 Å². The van der Waals surface area contributed by atoms with Crippen LogP contribution in [-0.2, 0) is 14.3 Å². The molecule has 5 nitrogen and oxygen atoms in total. The molecule has 1 saturated carbocycles. The van der Waals surface area contributed by atoms with Crippen LogP contribution in [0.25, 0.3) is 0 Å². The topological polar surface area (TPSA) is 75.6 Å². The summed E-state index contributed by atoms with van der Waals surface area (Å²) in [6.45, 7) is 1.23. The molecule has 2 rings (SSSR count). The van der Waals surface area contributed by atoms with Crippen molar-refractivity contribution in [3.05, 3.63) is 0 Å². The van der Waals surface area contributed by atoms with Crippen LogP contribution in [0.5, 0.6) is 0 Å². The Morgan fingerprint density at radius 3 is 2.64 bits per heavy atom. The molecular formula is C9H13NO4. The van der Waals surface area contributed by atoms with E-state index in [4.69, 9.17) is 9.84 Å². The van der Waals surface area contributed by atoms with Crippen LogP contribution in [0, 0.1) is 11.8 Å². The lowest BCUT2D eigenvalue weighted by atomic mass is 10.2. The van der Waals surface area contributed by atoms with E-state index in [1.165, 1.54) is 0 Å². The standard InChI is InChI=1S/C9H13NO4/c11-8(6-3-7(6)9(12)13)10-5-1-2-14-4-5/h5-7H,1-4H2,(H,10,11)(H,12,13)/t5?,6-,7+/m0/s1. The van der Waals surface area contributed by atoms with Crippen molar-refractivity contribution in [3.63, 3.8) is 0 Å². The molecule has 0 aromatic carbocycles. The Morgan fingerprint density at radius 2 is 2.14 bits per heavy atom. The molecule has 1 amide bonds. The van der Waals surface area contributed by atoms with Crippen molar-refractivity contribution in [1.29, 1.82) is 0 Å². The summed E-state index contributed by atoms with van der Waals surface area (Å²) in [5, 5.41) is 11.4. The van der Waals surface area contributed by atoms with Gasteiger partial charge in [0.05, 0.1) is 24.5 Å². The molecular weight excluding hydrogens is 186 g/mol. The normalized spacial score (nSPS) is 35.3. The van der Waals surface area contributed by atoms with Gasteiger partial charge in [-0.15, -0.1) is 0 Å². The van der Waals surface area contributed by atoms with Gasteiger partial charge in [0.2, 0.25) is 5.91 Å². The smallest absolute Gasteiger partial charge is 0.307 e. The van der Waals surface area contributed by atoms with E-state index in [0.717, 1.165) is 6.42 Å². The Bertz CT molecular complexity index is 260. The van der Waals surface area contributed by atoms with Crippen LogP contribution in [0.3, 0.4) is 0 Å². The van der Waals surface area contributed by atoms with Crippen molar-refractivity contribution >= 4 is 11.9 Å². The molecule has 3 atom stereocenters. The zero-order valence-electron chi connectivity index (χ0n) is 7.73. The van der Waals surface area contributed by atoms with Gasteiger partial charge in [-0.25, -0.2) is 0 Å². The van der Waals surface area contributed by atoms with Gasteiger partial charge in [-0.05, 0) is 12.8 Å². The molecule has 1 aliphatic heterocycles. The summed E-state index contributed by atoms with van der Waals surface area (Å²) < 4.78 is 5.10. The van der Waals surface area contributed by atoms with E-state index >= 15 is 0 Å². The number of hydrogen-bond acceptors (Lipinski definition) is 3. The average Bonchev–Trinajstić information content (AvgIpc) is 2.80. The van der Waals surface area contributed by atoms with E-state index in [0.29, 0.717) is 19.6 Å². The first kappa shape index (κ1) is 9.45. The second kappa shape index (κ2) is 3.57. The van der Waals surface area contributed by atoms with Gasteiger partial charge in [0.15, 0.2) is 0 Å². The van der Waals surface area contributed by atoms with Crippen molar-refractivity contribution in [2.45, 2.75) is 18.9 Å². The summed E-state index contributed by atoms with van der Waals surface area (Å²) in [5.74, 6) is -1.77. The summed E-state index contributed by atoms with van der Waals surface area (Å²) in [6.07, 6.45) is 1.31. The van der Waals surface area contributed by atoms with Crippen molar-refractivity contribution < 1.29 is 19.4 Å². The lowest BCUT2D eigenvalue weighted by molar-refractivity contribution is -0.140. The third-order valence-corrected chi connectivity index (χ3v) is 2.72. The van der Waals surface area contributed by atoms with Crippen molar-refractivity contribution in [2.75, 3.05) is 13.2 Å². The van der Waals surface area contributed by atoms with E-state index in [1.807, 2.05) is 0 Å². The van der Waals surface area contributed by atoms with Crippen LogP contribution < -0.4 is 5.32 Å². The zero-order valence-corrected chi connectivity index (χ0v) is 7.73. The fourth-order valence-electron chi connectivity index (χ4n) is 1.71. The molecule has 1 heterocycles. The number of carbonyl (C=O) groups excluding carboxylic acids is 1. The lowest BCUT2D eigenvalue weighted by Crippen LogP contribution is -2.36. The first-order valence-corrected chi connectivity index (χ1v) is 4.79. The molecule has 0 bridgehead atoms. The van der Waals surface area contributed by atoms with Crippen LogP contribution in [0.15, 0.2) is 0 Å². The van der Waals surface area contributed by atoms with Crippen molar-refractivity contribution in [2.24, 2.45) is 11.8 Å². The quantitative estimate of drug-likeness (QED) is 0.649. The Labute approximate surface area is 81.4 Å². The number of carbonyl (C=O) groups is 2. The maximum Gasteiger partial charge on any atom is 0.307 e. The highest BCUT2D eigenvalue weighted by Gasteiger charge is 2.48. The lowest BCUT2D eigenvalue weighted by Gasteiger charge is -2.09. The van der Waals surface area contributed by atoms with Gasteiger partial charge < -0.3 is 15.2 Å². The van der Waals surface area contributed by atoms with Crippen molar-refractivity contribution in [3.8, 4) is 0 Å². The van der Waals surface area contributed by atoms with E-state index in [2.05, 4.69) is 5.32 Å². The Morgan fingerprint density at radius 1 is 1.36 bits per heavy atom. The fraction of sp³-hybridized carbons (Fsp3) is 0.778. The third kappa shape index (κ3) is 1.87. The zero-order chi connectivity index (χ0) is 10.1. The maximum absolute atomic E-state index is 11.4. The van der Waals surface area contributed by atoms with E-state index < -0.39 is 11.9 Å². The molecule has 78 valence electrons. The van der Waals surface area contributed by atoms with Gasteiger partial charge in [-0.1, -0.05) is 0 Å². The number of amides is 1. The highest BCUT2D eigenvalue weighted by Crippen LogP contribution is 2.38.